The smallest absolute Gasteiger partial charge is 0.422 e. The van der Waals surface area contributed by atoms with E-state index in [4.69, 9.17) is 0 Å². The Bertz CT molecular complexity index is 1020. The van der Waals surface area contributed by atoms with Crippen LogP contribution in [0.3, 0.4) is 0 Å². The molecule has 7 nitrogen and oxygen atoms in total. The number of amides is 2. The monoisotopic (exact) mass is 431 g/mol. The van der Waals surface area contributed by atoms with Crippen LogP contribution in [0.5, 0.6) is 5.75 Å². The van der Waals surface area contributed by atoms with Crippen molar-refractivity contribution in [2.45, 2.75) is 25.1 Å². The number of anilines is 1. The van der Waals surface area contributed by atoms with Gasteiger partial charge in [-0.3, -0.25) is 5.10 Å². The van der Waals surface area contributed by atoms with Gasteiger partial charge in [0.15, 0.2) is 12.4 Å². The third kappa shape index (κ3) is 5.14. The van der Waals surface area contributed by atoms with Crippen LogP contribution < -0.4 is 10.1 Å². The molecule has 2 heterocycles. The number of nitrogens with one attached hydrogen (secondary N) is 2. The van der Waals surface area contributed by atoms with Crippen LogP contribution in [0, 0.1) is 0 Å². The molecule has 0 radical (unpaired) electrons. The maximum absolute atomic E-state index is 12.8. The lowest BCUT2D eigenvalue weighted by atomic mass is 10.2. The first-order valence-electron chi connectivity index (χ1n) is 9.74. The maximum atomic E-state index is 12.8. The molecule has 2 amide bonds. The van der Waals surface area contributed by atoms with E-state index in [0.717, 1.165) is 18.4 Å². The van der Waals surface area contributed by atoms with Crippen LogP contribution in [0.4, 0.5) is 23.7 Å². The van der Waals surface area contributed by atoms with Crippen molar-refractivity contribution in [3.8, 4) is 17.1 Å². The summed E-state index contributed by atoms with van der Waals surface area (Å²) in [6, 6.07) is 14.7. The Balaban J connectivity index is 1.40. The number of rotatable bonds is 5. The largest absolute Gasteiger partial charge is 0.484 e. The van der Waals surface area contributed by atoms with Crippen molar-refractivity contribution in [2.75, 3.05) is 18.5 Å². The first-order valence-corrected chi connectivity index (χ1v) is 9.74. The Morgan fingerprint density at radius 1 is 1.16 bits per heavy atom. The van der Waals surface area contributed by atoms with E-state index in [1.54, 1.807) is 4.90 Å². The summed E-state index contributed by atoms with van der Waals surface area (Å²) in [5.74, 6) is 1.25. The number of carbonyl (C=O) groups is 1. The molecule has 4 rings (SSSR count). The molecule has 31 heavy (non-hydrogen) atoms. The van der Waals surface area contributed by atoms with E-state index < -0.39 is 12.8 Å². The van der Waals surface area contributed by atoms with Gasteiger partial charge in [0.2, 0.25) is 0 Å². The summed E-state index contributed by atoms with van der Waals surface area (Å²) < 4.78 is 41.4. The molecule has 0 spiro atoms. The number of aromatic nitrogens is 3. The van der Waals surface area contributed by atoms with Crippen LogP contribution in [-0.4, -0.2) is 45.4 Å². The zero-order valence-electron chi connectivity index (χ0n) is 16.4. The second-order valence-electron chi connectivity index (χ2n) is 7.12. The fourth-order valence-corrected chi connectivity index (χ4v) is 3.43. The van der Waals surface area contributed by atoms with Crippen LogP contribution >= 0.6 is 0 Å². The average molecular weight is 431 g/mol. The van der Waals surface area contributed by atoms with Crippen LogP contribution in [0.1, 0.15) is 24.7 Å². The maximum Gasteiger partial charge on any atom is 0.422 e. The molecular formula is C21H20F3N5O2. The number of urea groups is 1. The molecule has 2 aromatic carbocycles. The van der Waals surface area contributed by atoms with Crippen molar-refractivity contribution in [3.05, 3.63) is 60.4 Å². The topological polar surface area (TPSA) is 83.1 Å². The van der Waals surface area contributed by atoms with E-state index in [1.807, 2.05) is 30.3 Å². The number of halogens is 3. The predicted molar refractivity (Wildman–Crippen MR) is 108 cm³/mol. The lowest BCUT2D eigenvalue weighted by molar-refractivity contribution is -0.153. The van der Waals surface area contributed by atoms with Gasteiger partial charge in [-0.25, -0.2) is 9.78 Å². The minimum Gasteiger partial charge on any atom is -0.484 e. The van der Waals surface area contributed by atoms with Gasteiger partial charge in [0.05, 0.1) is 6.04 Å². The van der Waals surface area contributed by atoms with Gasteiger partial charge in [0.25, 0.3) is 0 Å². The molecule has 1 aromatic heterocycles. The fraction of sp³-hybridized carbons (Fsp3) is 0.286. The molecule has 1 aliphatic heterocycles. The number of carbonyl (C=O) groups excluding carboxylic acids is 1. The minimum absolute atomic E-state index is 0.0736. The summed E-state index contributed by atoms with van der Waals surface area (Å²) in [7, 11) is 0. The fourth-order valence-electron chi connectivity index (χ4n) is 3.43. The van der Waals surface area contributed by atoms with Crippen LogP contribution in [0.25, 0.3) is 11.4 Å². The summed E-state index contributed by atoms with van der Waals surface area (Å²) in [6.45, 7) is -0.805. The van der Waals surface area contributed by atoms with Crippen molar-refractivity contribution in [1.29, 1.82) is 0 Å². The van der Waals surface area contributed by atoms with Crippen LogP contribution in [0.15, 0.2) is 54.6 Å². The highest BCUT2D eigenvalue weighted by Gasteiger charge is 2.32. The van der Waals surface area contributed by atoms with E-state index in [2.05, 4.69) is 25.2 Å². The van der Waals surface area contributed by atoms with Gasteiger partial charge < -0.3 is 15.0 Å². The van der Waals surface area contributed by atoms with Gasteiger partial charge in [-0.1, -0.05) is 30.3 Å². The van der Waals surface area contributed by atoms with Crippen molar-refractivity contribution in [1.82, 2.24) is 20.1 Å². The van der Waals surface area contributed by atoms with Gasteiger partial charge >= 0.3 is 12.2 Å². The number of hydrogen-bond acceptors (Lipinski definition) is 4. The van der Waals surface area contributed by atoms with E-state index in [0.29, 0.717) is 23.9 Å². The number of aromatic amines is 1. The highest BCUT2D eigenvalue weighted by Crippen LogP contribution is 2.31. The van der Waals surface area contributed by atoms with E-state index in [1.165, 1.54) is 24.3 Å². The molecular weight excluding hydrogens is 411 g/mol. The number of alkyl halides is 3. The summed E-state index contributed by atoms with van der Waals surface area (Å²) >= 11 is 0. The number of nitrogens with zero attached hydrogens (tertiary/aromatic N) is 3. The summed E-state index contributed by atoms with van der Waals surface area (Å²) in [5.41, 5.74) is 1.34. The van der Waals surface area contributed by atoms with Gasteiger partial charge in [-0.05, 0) is 37.1 Å². The highest BCUT2D eigenvalue weighted by atomic mass is 19.4. The average Bonchev–Trinajstić information content (AvgIpc) is 3.43. The Hall–Kier alpha value is -3.56. The van der Waals surface area contributed by atoms with Crippen molar-refractivity contribution >= 4 is 11.7 Å². The van der Waals surface area contributed by atoms with E-state index in [-0.39, 0.29) is 17.8 Å². The lowest BCUT2D eigenvalue weighted by Crippen LogP contribution is -2.34. The van der Waals surface area contributed by atoms with Gasteiger partial charge in [0.1, 0.15) is 11.6 Å². The minimum atomic E-state index is -4.40. The molecule has 1 aliphatic rings. The molecule has 162 valence electrons. The third-order valence-corrected chi connectivity index (χ3v) is 4.87. The number of benzene rings is 2. The first kappa shape index (κ1) is 20.7. The van der Waals surface area contributed by atoms with Crippen molar-refractivity contribution in [2.24, 2.45) is 0 Å². The molecule has 1 atom stereocenters. The number of ether oxygens (including phenoxy) is 1. The van der Waals surface area contributed by atoms with Crippen molar-refractivity contribution in [3.63, 3.8) is 0 Å². The number of likely N-dealkylation sites (tertiary alicyclic amines) is 1. The standard InChI is InChI=1S/C21H20F3N5O2/c22-21(23,24)13-31-16-10-8-15(9-11-16)25-20(30)29-12-4-7-17(29)19-26-18(27-28-19)14-5-2-1-3-6-14/h1-3,5-6,8-11,17H,4,7,12-13H2,(H,25,30)(H,26,27,28)/t17-/m1/s1. The molecule has 3 aromatic rings. The summed E-state index contributed by atoms with van der Waals surface area (Å²) in [5, 5.41) is 9.97. The SMILES string of the molecule is O=C(Nc1ccc(OCC(F)(F)F)cc1)N1CCC[C@@H]1c1nc(-c2ccccc2)n[nH]1. The Labute approximate surface area is 176 Å². The molecule has 2 N–H and O–H groups in total. The normalized spacial score (nSPS) is 16.4. The van der Waals surface area contributed by atoms with Gasteiger partial charge in [-0.15, -0.1) is 0 Å². The van der Waals surface area contributed by atoms with Gasteiger partial charge in [-0.2, -0.15) is 18.3 Å². The Morgan fingerprint density at radius 3 is 2.61 bits per heavy atom. The zero-order valence-corrected chi connectivity index (χ0v) is 16.4. The van der Waals surface area contributed by atoms with Gasteiger partial charge in [0, 0.05) is 17.8 Å². The molecule has 1 fully saturated rings. The van der Waals surface area contributed by atoms with E-state index in [9.17, 15) is 18.0 Å². The Morgan fingerprint density at radius 2 is 1.90 bits per heavy atom. The Kier molecular flexibility index (Phi) is 5.79. The number of hydrogen-bond donors (Lipinski definition) is 2. The molecule has 1 saturated heterocycles. The molecule has 0 bridgehead atoms. The summed E-state index contributed by atoms with van der Waals surface area (Å²) in [6.07, 6.45) is -2.83. The van der Waals surface area contributed by atoms with Crippen molar-refractivity contribution < 1.29 is 22.7 Å². The lowest BCUT2D eigenvalue weighted by Gasteiger charge is -2.23. The first-order chi connectivity index (χ1) is 14.9. The quantitative estimate of drug-likeness (QED) is 0.609. The number of H-pyrrole nitrogens is 1. The third-order valence-electron chi connectivity index (χ3n) is 4.87. The second kappa shape index (κ2) is 8.66. The van der Waals surface area contributed by atoms with Crippen LogP contribution in [-0.2, 0) is 0 Å². The molecule has 0 saturated carbocycles. The second-order valence-corrected chi connectivity index (χ2v) is 7.12. The zero-order chi connectivity index (χ0) is 21.8. The summed E-state index contributed by atoms with van der Waals surface area (Å²) in [4.78, 5) is 19.0. The molecule has 10 heteroatoms. The molecule has 0 unspecified atom stereocenters. The van der Waals surface area contributed by atoms with Crippen LogP contribution in [0.2, 0.25) is 0 Å². The molecule has 0 aliphatic carbocycles. The predicted octanol–water partition coefficient (Wildman–Crippen LogP) is 4.78. The van der Waals surface area contributed by atoms with E-state index >= 15 is 0 Å². The highest BCUT2D eigenvalue weighted by molar-refractivity contribution is 5.89.